The average molecular weight is 450 g/mol. The molecule has 11 heteroatoms. The number of hydrogen-bond donors (Lipinski definition) is 0. The van der Waals surface area contributed by atoms with Crippen molar-refractivity contribution >= 4 is 49.0 Å². The number of rotatable bonds is 1. The Kier molecular flexibility index (Phi) is 3.98. The summed E-state index contributed by atoms with van der Waals surface area (Å²) >= 11 is 15.1. The fourth-order valence-corrected chi connectivity index (χ4v) is 5.24. The van der Waals surface area contributed by atoms with E-state index in [4.69, 9.17) is 23.2 Å². The van der Waals surface area contributed by atoms with Crippen LogP contribution in [0.5, 0.6) is 0 Å². The molecule has 0 saturated heterocycles. The molecule has 1 aromatic heterocycles. The van der Waals surface area contributed by atoms with Crippen LogP contribution >= 0.6 is 39.1 Å². The van der Waals surface area contributed by atoms with Gasteiger partial charge in [-0.15, -0.1) is 0 Å². The number of alkyl halides is 3. The molecule has 0 radical (unpaired) electrons. The minimum absolute atomic E-state index is 0.0556. The van der Waals surface area contributed by atoms with Gasteiger partial charge in [-0.1, -0.05) is 23.2 Å². The van der Waals surface area contributed by atoms with Crippen LogP contribution in [0, 0.1) is 0 Å². The summed E-state index contributed by atoms with van der Waals surface area (Å²) in [5.74, 6) is -0.428. The monoisotopic (exact) mass is 448 g/mol. The Balaban J connectivity index is 2.15. The Morgan fingerprint density at radius 1 is 1.17 bits per heavy atom. The van der Waals surface area contributed by atoms with E-state index >= 15 is 0 Å². The van der Waals surface area contributed by atoms with Gasteiger partial charge in [-0.05, 0) is 28.1 Å². The van der Waals surface area contributed by atoms with E-state index in [-0.39, 0.29) is 27.2 Å². The van der Waals surface area contributed by atoms with Crippen LogP contribution in [0.2, 0.25) is 10.0 Å². The molecule has 0 amide bonds. The molecule has 124 valence electrons. The van der Waals surface area contributed by atoms with E-state index in [9.17, 15) is 21.6 Å². The molecule has 2 heterocycles. The van der Waals surface area contributed by atoms with E-state index in [1.165, 1.54) is 4.68 Å². The molecular formula is C12H6BrCl2F3N2O2S. The first-order chi connectivity index (χ1) is 10.5. The van der Waals surface area contributed by atoms with Gasteiger partial charge in [0.1, 0.15) is 10.3 Å². The van der Waals surface area contributed by atoms with Crippen LogP contribution in [-0.4, -0.2) is 18.2 Å². The highest BCUT2D eigenvalue weighted by Crippen LogP contribution is 2.40. The predicted molar refractivity (Wildman–Crippen MR) is 82.6 cm³/mol. The van der Waals surface area contributed by atoms with E-state index in [1.54, 1.807) is 0 Å². The van der Waals surface area contributed by atoms with Gasteiger partial charge in [0.05, 0.1) is 32.8 Å². The van der Waals surface area contributed by atoms with Crippen molar-refractivity contribution in [2.75, 3.05) is 0 Å². The van der Waals surface area contributed by atoms with E-state index in [2.05, 4.69) is 21.0 Å². The van der Waals surface area contributed by atoms with Crippen LogP contribution in [0.15, 0.2) is 16.7 Å². The molecule has 23 heavy (non-hydrogen) atoms. The molecule has 0 bridgehead atoms. The van der Waals surface area contributed by atoms with Crippen molar-refractivity contribution in [1.29, 1.82) is 0 Å². The molecule has 0 N–H and O–H groups in total. The molecule has 0 atom stereocenters. The zero-order chi connectivity index (χ0) is 17.2. The molecular weight excluding hydrogens is 444 g/mol. The molecule has 0 fully saturated rings. The number of hydrogen-bond acceptors (Lipinski definition) is 3. The van der Waals surface area contributed by atoms with Crippen LogP contribution in [0.25, 0.3) is 5.69 Å². The molecule has 2 aromatic rings. The number of aromatic nitrogens is 2. The van der Waals surface area contributed by atoms with Crippen LogP contribution in [-0.2, 0) is 27.5 Å². The van der Waals surface area contributed by atoms with Crippen molar-refractivity contribution in [3.05, 3.63) is 43.6 Å². The second-order valence-corrected chi connectivity index (χ2v) is 8.58. The Morgan fingerprint density at radius 2 is 1.74 bits per heavy atom. The molecule has 1 aliphatic heterocycles. The summed E-state index contributed by atoms with van der Waals surface area (Å²) < 4.78 is 63.0. The lowest BCUT2D eigenvalue weighted by atomic mass is 10.2. The number of sulfone groups is 1. The topological polar surface area (TPSA) is 52.0 Å². The van der Waals surface area contributed by atoms with Gasteiger partial charge in [-0.3, -0.25) is 0 Å². The van der Waals surface area contributed by atoms with Crippen molar-refractivity contribution in [3.8, 4) is 5.69 Å². The summed E-state index contributed by atoms with van der Waals surface area (Å²) in [6.45, 7) is 0. The number of halogens is 6. The highest BCUT2D eigenvalue weighted by atomic mass is 79.9. The summed E-state index contributed by atoms with van der Waals surface area (Å²) in [6, 6.07) is 1.50. The van der Waals surface area contributed by atoms with Crippen LogP contribution in [0.3, 0.4) is 0 Å². The Labute approximate surface area is 147 Å². The summed E-state index contributed by atoms with van der Waals surface area (Å²) in [5, 5.41) is 3.63. The summed E-state index contributed by atoms with van der Waals surface area (Å²) in [4.78, 5) is 0. The minimum Gasteiger partial charge on any atom is -0.228 e. The lowest BCUT2D eigenvalue weighted by Gasteiger charge is -2.13. The van der Waals surface area contributed by atoms with Crippen molar-refractivity contribution in [2.24, 2.45) is 0 Å². The average Bonchev–Trinajstić information content (AvgIpc) is 2.82. The normalized spacial score (nSPS) is 16.6. The van der Waals surface area contributed by atoms with Gasteiger partial charge in [-0.2, -0.15) is 18.3 Å². The van der Waals surface area contributed by atoms with Gasteiger partial charge < -0.3 is 0 Å². The maximum atomic E-state index is 12.8. The molecule has 3 rings (SSSR count). The van der Waals surface area contributed by atoms with E-state index in [0.29, 0.717) is 15.9 Å². The molecule has 0 unspecified atom stereocenters. The van der Waals surface area contributed by atoms with Gasteiger partial charge in [0.2, 0.25) is 0 Å². The first-order valence-corrected chi connectivity index (χ1v) is 9.40. The SMILES string of the molecule is O=S1(=O)Cc2nn(-c3c(Cl)cc(C(F)(F)F)cc3Cl)c(Br)c2C1. The van der Waals surface area contributed by atoms with E-state index in [0.717, 1.165) is 12.1 Å². The molecule has 1 aromatic carbocycles. The zero-order valence-corrected chi connectivity index (χ0v) is 14.9. The maximum Gasteiger partial charge on any atom is 0.416 e. The summed E-state index contributed by atoms with van der Waals surface area (Å²) in [5.41, 5.74) is -0.143. The van der Waals surface area contributed by atoms with Crippen molar-refractivity contribution in [1.82, 2.24) is 9.78 Å². The fourth-order valence-electron chi connectivity index (χ4n) is 2.29. The largest absolute Gasteiger partial charge is 0.416 e. The highest BCUT2D eigenvalue weighted by Gasteiger charge is 2.35. The minimum atomic E-state index is -4.58. The van der Waals surface area contributed by atoms with Gasteiger partial charge in [0.25, 0.3) is 0 Å². The standard InChI is InChI=1S/C12H6BrCl2F3N2O2S/c13-11-6-3-23(21,22)4-9(6)19-20(11)10-7(14)1-5(2-8(10)15)12(16,17)18/h1-2H,3-4H2. The zero-order valence-electron chi connectivity index (χ0n) is 11.0. The fraction of sp³-hybridized carbons (Fsp3) is 0.250. The molecule has 1 aliphatic rings. The van der Waals surface area contributed by atoms with Gasteiger partial charge in [0, 0.05) is 5.56 Å². The second-order valence-electron chi connectivity index (χ2n) is 4.95. The third kappa shape index (κ3) is 2.99. The van der Waals surface area contributed by atoms with Crippen molar-refractivity contribution in [3.63, 3.8) is 0 Å². The summed E-state index contributed by atoms with van der Waals surface area (Å²) in [7, 11) is -3.25. The number of nitrogens with zero attached hydrogens (tertiary/aromatic N) is 2. The smallest absolute Gasteiger partial charge is 0.228 e. The van der Waals surface area contributed by atoms with Gasteiger partial charge >= 0.3 is 6.18 Å². The first kappa shape index (κ1) is 17.1. The summed E-state index contributed by atoms with van der Waals surface area (Å²) in [6.07, 6.45) is -4.58. The van der Waals surface area contributed by atoms with Gasteiger partial charge in [0.15, 0.2) is 9.84 Å². The van der Waals surface area contributed by atoms with Crippen molar-refractivity contribution in [2.45, 2.75) is 17.7 Å². The van der Waals surface area contributed by atoms with Crippen molar-refractivity contribution < 1.29 is 21.6 Å². The molecule has 0 aliphatic carbocycles. The second kappa shape index (κ2) is 5.37. The third-order valence-electron chi connectivity index (χ3n) is 3.28. The molecule has 4 nitrogen and oxygen atoms in total. The van der Waals surface area contributed by atoms with E-state index in [1.807, 2.05) is 0 Å². The quantitative estimate of drug-likeness (QED) is 0.648. The number of fused-ring (bicyclic) bond motifs is 1. The molecule has 0 spiro atoms. The van der Waals surface area contributed by atoms with Crippen LogP contribution in [0.4, 0.5) is 13.2 Å². The Morgan fingerprint density at radius 3 is 2.22 bits per heavy atom. The highest BCUT2D eigenvalue weighted by molar-refractivity contribution is 9.10. The van der Waals surface area contributed by atoms with Crippen LogP contribution in [0.1, 0.15) is 16.8 Å². The Hall–Kier alpha value is -0.770. The van der Waals surface area contributed by atoms with Gasteiger partial charge in [-0.25, -0.2) is 13.1 Å². The van der Waals surface area contributed by atoms with Crippen LogP contribution < -0.4 is 0 Å². The first-order valence-electron chi connectivity index (χ1n) is 6.03. The number of benzene rings is 1. The van der Waals surface area contributed by atoms with E-state index < -0.39 is 21.6 Å². The molecule has 0 saturated carbocycles. The lowest BCUT2D eigenvalue weighted by molar-refractivity contribution is -0.137. The Bertz CT molecular complexity index is 902. The lowest BCUT2D eigenvalue weighted by Crippen LogP contribution is -2.08. The predicted octanol–water partition coefficient (Wildman–Crippen LogP) is 4.39. The maximum absolute atomic E-state index is 12.8. The third-order valence-corrected chi connectivity index (χ3v) is 6.11.